The van der Waals surface area contributed by atoms with Gasteiger partial charge in [0.05, 0.1) is 6.04 Å². The maximum atomic E-state index is 12.7. The molecule has 0 aliphatic heterocycles. The summed E-state index contributed by atoms with van der Waals surface area (Å²) in [7, 11) is 0. The highest BCUT2D eigenvalue weighted by atomic mass is 16.4. The molecule has 0 bridgehead atoms. The lowest BCUT2D eigenvalue weighted by atomic mass is 9.82. The minimum absolute atomic E-state index is 0.0131. The molecule has 1 unspecified atom stereocenters. The number of hydrogen-bond donors (Lipinski definition) is 6. The number of carbonyl (C=O) groups excluding carboxylic acids is 2. The van der Waals surface area contributed by atoms with Gasteiger partial charge in [0.2, 0.25) is 11.8 Å². The molecule has 0 aliphatic rings. The molecule has 0 rings (SSSR count). The summed E-state index contributed by atoms with van der Waals surface area (Å²) in [4.78, 5) is 47.5. The quantitative estimate of drug-likeness (QED) is 0.241. The molecule has 7 N–H and O–H groups in total. The predicted molar refractivity (Wildman–Crippen MR) is 117 cm³/mol. The monoisotopic (exact) mass is 444 g/mol. The zero-order valence-corrected chi connectivity index (χ0v) is 19.6. The fourth-order valence-electron chi connectivity index (χ4n) is 3.13. The third-order valence-electron chi connectivity index (χ3n) is 4.44. The number of hydrogen-bond acceptors (Lipinski definition) is 6. The molecule has 0 aromatic heterocycles. The second-order valence-corrected chi connectivity index (χ2v) is 10.1. The van der Waals surface area contributed by atoms with Crippen molar-refractivity contribution in [3.8, 4) is 0 Å². The van der Waals surface area contributed by atoms with E-state index in [0.717, 1.165) is 0 Å². The van der Waals surface area contributed by atoms with Gasteiger partial charge in [0, 0.05) is 31.0 Å². The largest absolute Gasteiger partial charge is 0.481 e. The number of nitrogens with one attached hydrogen (secondary N) is 3. The van der Waals surface area contributed by atoms with E-state index in [0.29, 0.717) is 6.42 Å². The lowest BCUT2D eigenvalue weighted by Gasteiger charge is -2.27. The van der Waals surface area contributed by atoms with E-state index in [1.165, 1.54) is 0 Å². The Morgan fingerprint density at radius 2 is 1.48 bits per heavy atom. The maximum Gasteiger partial charge on any atom is 0.326 e. The Morgan fingerprint density at radius 1 is 0.903 bits per heavy atom. The Hall–Kier alpha value is -2.20. The smallest absolute Gasteiger partial charge is 0.326 e. The van der Waals surface area contributed by atoms with E-state index in [-0.39, 0.29) is 49.2 Å². The molecule has 10 heteroatoms. The summed E-state index contributed by atoms with van der Waals surface area (Å²) in [5.41, 5.74) is 5.09. The first-order valence-corrected chi connectivity index (χ1v) is 10.6. The molecule has 0 aliphatic carbocycles. The van der Waals surface area contributed by atoms with Crippen LogP contribution >= 0.6 is 0 Å². The van der Waals surface area contributed by atoms with Crippen molar-refractivity contribution >= 4 is 23.8 Å². The van der Waals surface area contributed by atoms with Crippen molar-refractivity contribution in [2.75, 3.05) is 13.1 Å². The zero-order chi connectivity index (χ0) is 24.4. The highest BCUT2D eigenvalue weighted by Crippen LogP contribution is 2.27. The van der Waals surface area contributed by atoms with Gasteiger partial charge in [-0.3, -0.25) is 14.4 Å². The number of carbonyl (C=O) groups is 4. The average molecular weight is 445 g/mol. The van der Waals surface area contributed by atoms with Crippen LogP contribution in [0.4, 0.5) is 0 Å². The van der Waals surface area contributed by atoms with Crippen molar-refractivity contribution in [1.29, 1.82) is 0 Å². The fraction of sp³-hybridized carbons (Fsp3) is 0.810. The van der Waals surface area contributed by atoms with Crippen LogP contribution < -0.4 is 21.7 Å². The van der Waals surface area contributed by atoms with Gasteiger partial charge in [-0.1, -0.05) is 20.8 Å². The number of rotatable bonds is 13. The molecule has 0 spiro atoms. The zero-order valence-electron chi connectivity index (χ0n) is 19.6. The summed E-state index contributed by atoms with van der Waals surface area (Å²) < 4.78 is 0. The van der Waals surface area contributed by atoms with Crippen molar-refractivity contribution in [3.63, 3.8) is 0 Å². The molecule has 31 heavy (non-hydrogen) atoms. The molecule has 0 radical (unpaired) electrons. The van der Waals surface area contributed by atoms with Crippen LogP contribution in [0, 0.1) is 11.3 Å². The van der Waals surface area contributed by atoms with Gasteiger partial charge in [0.15, 0.2) is 0 Å². The molecular formula is C21H40N4O6. The van der Waals surface area contributed by atoms with Gasteiger partial charge in [-0.05, 0) is 45.4 Å². The number of nitrogens with two attached hydrogens (primary N) is 1. The summed E-state index contributed by atoms with van der Waals surface area (Å²) in [5, 5.41) is 26.6. The number of aliphatic carboxylic acids is 2. The van der Waals surface area contributed by atoms with E-state index in [2.05, 4.69) is 16.0 Å². The molecule has 3 atom stereocenters. The summed E-state index contributed by atoms with van der Waals surface area (Å²) in [6.45, 7) is 11.6. The van der Waals surface area contributed by atoms with E-state index in [4.69, 9.17) is 10.8 Å². The van der Waals surface area contributed by atoms with Crippen molar-refractivity contribution in [2.45, 2.75) is 84.8 Å². The number of carboxylic acid groups (broad SMARTS) is 2. The standard InChI is InChI=1S/C21H40N4O6/c1-20(2,3)11-13(7-8-16(26)27)17(28)24-14(19(30)31)9-10-23-18(29)15(12-22)25-21(4,5)6/h13-15,25H,7-12,22H2,1-6H3,(H,23,29)(H,24,28)(H,26,27)(H,30,31)/t13-,14?,15+/m1/s1. The summed E-state index contributed by atoms with van der Waals surface area (Å²) in [5.74, 6) is -3.70. The molecular weight excluding hydrogens is 404 g/mol. The lowest BCUT2D eigenvalue weighted by Crippen LogP contribution is -2.55. The molecule has 0 aromatic rings. The Kier molecular flexibility index (Phi) is 11.7. The third kappa shape index (κ3) is 13.7. The summed E-state index contributed by atoms with van der Waals surface area (Å²) >= 11 is 0. The normalized spacial score (nSPS) is 14.9. The Morgan fingerprint density at radius 3 is 1.90 bits per heavy atom. The molecule has 0 saturated heterocycles. The van der Waals surface area contributed by atoms with Crippen molar-refractivity contribution in [2.24, 2.45) is 17.1 Å². The first-order valence-electron chi connectivity index (χ1n) is 10.6. The van der Waals surface area contributed by atoms with E-state index < -0.39 is 35.8 Å². The highest BCUT2D eigenvalue weighted by Gasteiger charge is 2.29. The molecule has 0 saturated carbocycles. The Labute approximate surface area is 184 Å². The van der Waals surface area contributed by atoms with E-state index in [1.807, 2.05) is 41.5 Å². The van der Waals surface area contributed by atoms with Crippen LogP contribution in [-0.2, 0) is 19.2 Å². The van der Waals surface area contributed by atoms with Gasteiger partial charge in [0.25, 0.3) is 0 Å². The molecule has 0 heterocycles. The predicted octanol–water partition coefficient (Wildman–Crippen LogP) is 0.695. The van der Waals surface area contributed by atoms with Gasteiger partial charge >= 0.3 is 11.9 Å². The summed E-state index contributed by atoms with van der Waals surface area (Å²) in [6, 6.07) is -1.82. The van der Waals surface area contributed by atoms with Crippen LogP contribution in [0.3, 0.4) is 0 Å². The molecule has 0 aromatic carbocycles. The van der Waals surface area contributed by atoms with Crippen LogP contribution in [0.2, 0.25) is 0 Å². The average Bonchev–Trinajstić information content (AvgIpc) is 2.59. The second-order valence-electron chi connectivity index (χ2n) is 10.1. The first kappa shape index (κ1) is 28.8. The maximum absolute atomic E-state index is 12.7. The first-order chi connectivity index (χ1) is 14.1. The highest BCUT2D eigenvalue weighted by molar-refractivity contribution is 5.85. The van der Waals surface area contributed by atoms with Gasteiger partial charge < -0.3 is 31.9 Å². The fourth-order valence-corrected chi connectivity index (χ4v) is 3.13. The number of carboxylic acids is 2. The van der Waals surface area contributed by atoms with Crippen LogP contribution in [0.15, 0.2) is 0 Å². The topological polar surface area (TPSA) is 171 Å². The van der Waals surface area contributed by atoms with Crippen LogP contribution in [0.25, 0.3) is 0 Å². The molecule has 2 amide bonds. The van der Waals surface area contributed by atoms with Crippen LogP contribution in [0.1, 0.15) is 67.2 Å². The Balaban J connectivity index is 4.95. The summed E-state index contributed by atoms with van der Waals surface area (Å²) in [6.07, 6.45) is 0.355. The van der Waals surface area contributed by atoms with Crippen LogP contribution in [0.5, 0.6) is 0 Å². The van der Waals surface area contributed by atoms with Crippen molar-refractivity contribution in [3.05, 3.63) is 0 Å². The van der Waals surface area contributed by atoms with E-state index >= 15 is 0 Å². The van der Waals surface area contributed by atoms with Gasteiger partial charge in [-0.2, -0.15) is 0 Å². The molecule has 180 valence electrons. The second kappa shape index (κ2) is 12.6. The third-order valence-corrected chi connectivity index (χ3v) is 4.44. The van der Waals surface area contributed by atoms with E-state index in [9.17, 15) is 24.3 Å². The SMILES string of the molecule is CC(C)(C)C[C@@H](CCC(=O)O)C(=O)NC(CCNC(=O)[C@H](CN)NC(C)(C)C)C(=O)O. The van der Waals surface area contributed by atoms with Gasteiger partial charge in [0.1, 0.15) is 6.04 Å². The molecule has 10 nitrogen and oxygen atoms in total. The van der Waals surface area contributed by atoms with Crippen molar-refractivity contribution < 1.29 is 29.4 Å². The van der Waals surface area contributed by atoms with Gasteiger partial charge in [-0.25, -0.2) is 4.79 Å². The number of amides is 2. The van der Waals surface area contributed by atoms with Crippen LogP contribution in [-0.4, -0.2) is 64.7 Å². The van der Waals surface area contributed by atoms with E-state index in [1.54, 1.807) is 0 Å². The Bertz CT molecular complexity index is 624. The minimum Gasteiger partial charge on any atom is -0.481 e. The van der Waals surface area contributed by atoms with Crippen molar-refractivity contribution in [1.82, 2.24) is 16.0 Å². The van der Waals surface area contributed by atoms with Gasteiger partial charge in [-0.15, -0.1) is 0 Å². The molecule has 0 fully saturated rings. The minimum atomic E-state index is -1.22. The lowest BCUT2D eigenvalue weighted by molar-refractivity contribution is -0.143.